The van der Waals surface area contributed by atoms with Crippen LogP contribution in [-0.2, 0) is 16.0 Å². The molecule has 0 aliphatic heterocycles. The van der Waals surface area contributed by atoms with Gasteiger partial charge in [-0.3, -0.25) is 9.59 Å². The number of allylic oxidation sites excluding steroid dienone is 6. The second kappa shape index (κ2) is 6.14. The predicted molar refractivity (Wildman–Crippen MR) is 111 cm³/mol. The fourth-order valence-corrected chi connectivity index (χ4v) is 6.64. The van der Waals surface area contributed by atoms with E-state index in [-0.39, 0.29) is 16.6 Å². The number of hydrogen-bond donors (Lipinski definition) is 0. The second-order valence-corrected chi connectivity index (χ2v) is 9.66. The molecule has 5 atom stereocenters. The molecule has 2 fully saturated rings. The Hall–Kier alpha value is -2.22. The monoisotopic (exact) mass is 372 g/mol. The first kappa shape index (κ1) is 17.8. The Kier molecular flexibility index (Phi) is 3.91. The Bertz CT molecular complexity index is 934. The van der Waals surface area contributed by atoms with Crippen molar-refractivity contribution in [2.45, 2.75) is 46.0 Å². The van der Waals surface area contributed by atoms with E-state index in [0.29, 0.717) is 23.5 Å². The Morgan fingerprint density at radius 3 is 2.57 bits per heavy atom. The third kappa shape index (κ3) is 2.46. The van der Waals surface area contributed by atoms with Gasteiger partial charge in [-0.1, -0.05) is 61.9 Å². The molecule has 144 valence electrons. The van der Waals surface area contributed by atoms with E-state index in [4.69, 9.17) is 0 Å². The second-order valence-electron chi connectivity index (χ2n) is 9.66. The highest BCUT2D eigenvalue weighted by molar-refractivity contribution is 6.01. The number of fused-ring (bicyclic) bond motifs is 5. The zero-order chi connectivity index (χ0) is 19.5. The zero-order valence-corrected chi connectivity index (χ0v) is 16.8. The van der Waals surface area contributed by atoms with Crippen molar-refractivity contribution in [3.8, 4) is 0 Å². The highest BCUT2D eigenvalue weighted by Gasteiger charge is 2.59. The topological polar surface area (TPSA) is 34.1 Å². The fourth-order valence-electron chi connectivity index (χ4n) is 6.64. The van der Waals surface area contributed by atoms with Gasteiger partial charge in [0, 0.05) is 17.3 Å². The van der Waals surface area contributed by atoms with E-state index in [1.54, 1.807) is 6.08 Å². The van der Waals surface area contributed by atoms with Crippen molar-refractivity contribution >= 4 is 11.6 Å². The summed E-state index contributed by atoms with van der Waals surface area (Å²) in [7, 11) is 0. The lowest BCUT2D eigenvalue weighted by atomic mass is 9.48. The first-order valence-corrected chi connectivity index (χ1v) is 10.6. The van der Waals surface area contributed by atoms with E-state index in [0.717, 1.165) is 32.1 Å². The number of hydrogen-bond acceptors (Lipinski definition) is 2. The van der Waals surface area contributed by atoms with E-state index in [1.165, 1.54) is 16.7 Å². The molecule has 2 saturated carbocycles. The average molecular weight is 373 g/mol. The molecule has 0 N–H and O–H groups in total. The molecule has 0 spiro atoms. The SMILES string of the molecule is C[C@]12C=CC(=O)C=C1C=C(Cc1ccccc1)[C@@H]1[C@@H]2CC[C@]2(C)C(=O)CC[C@@H]12. The van der Waals surface area contributed by atoms with Crippen molar-refractivity contribution in [1.82, 2.24) is 0 Å². The van der Waals surface area contributed by atoms with Crippen LogP contribution in [0, 0.1) is 28.6 Å². The summed E-state index contributed by atoms with van der Waals surface area (Å²) in [5.41, 5.74) is 3.65. The summed E-state index contributed by atoms with van der Waals surface area (Å²) < 4.78 is 0. The number of carbonyl (C=O) groups excluding carboxylic acids is 2. The largest absolute Gasteiger partial charge is 0.299 e. The normalized spacial score (nSPS) is 39.0. The minimum atomic E-state index is -0.164. The van der Waals surface area contributed by atoms with Crippen LogP contribution in [-0.4, -0.2) is 11.6 Å². The van der Waals surface area contributed by atoms with Gasteiger partial charge in [0.2, 0.25) is 0 Å². The smallest absolute Gasteiger partial charge is 0.178 e. The minimum absolute atomic E-state index is 0.0915. The maximum Gasteiger partial charge on any atom is 0.178 e. The molecular weight excluding hydrogens is 344 g/mol. The predicted octanol–water partition coefficient (Wildman–Crippen LogP) is 5.25. The van der Waals surface area contributed by atoms with Gasteiger partial charge in [-0.25, -0.2) is 0 Å². The van der Waals surface area contributed by atoms with Gasteiger partial charge in [-0.15, -0.1) is 0 Å². The van der Waals surface area contributed by atoms with Crippen molar-refractivity contribution in [1.29, 1.82) is 0 Å². The van der Waals surface area contributed by atoms with Gasteiger partial charge in [-0.2, -0.15) is 0 Å². The summed E-state index contributed by atoms with van der Waals surface area (Å²) in [6, 6.07) is 10.6. The van der Waals surface area contributed by atoms with E-state index >= 15 is 0 Å². The molecule has 28 heavy (non-hydrogen) atoms. The summed E-state index contributed by atoms with van der Waals surface area (Å²) in [6.07, 6.45) is 12.8. The fraction of sp³-hybridized carbons (Fsp3) is 0.462. The molecule has 0 radical (unpaired) electrons. The molecular formula is C26H28O2. The lowest BCUT2D eigenvalue weighted by molar-refractivity contribution is -0.130. The molecule has 4 aliphatic rings. The van der Waals surface area contributed by atoms with Gasteiger partial charge >= 0.3 is 0 Å². The van der Waals surface area contributed by atoms with Gasteiger partial charge in [-0.05, 0) is 66.7 Å². The molecule has 0 amide bonds. The molecule has 0 saturated heterocycles. The summed E-state index contributed by atoms with van der Waals surface area (Å²) in [4.78, 5) is 24.9. The molecule has 0 unspecified atom stereocenters. The molecule has 2 nitrogen and oxygen atoms in total. The third-order valence-electron chi connectivity index (χ3n) is 8.28. The van der Waals surface area contributed by atoms with Gasteiger partial charge in [0.1, 0.15) is 5.78 Å². The van der Waals surface area contributed by atoms with Gasteiger partial charge in [0.25, 0.3) is 0 Å². The van der Waals surface area contributed by atoms with Crippen LogP contribution in [0.15, 0.2) is 65.8 Å². The van der Waals surface area contributed by atoms with Crippen LogP contribution in [0.2, 0.25) is 0 Å². The van der Waals surface area contributed by atoms with Crippen molar-refractivity contribution < 1.29 is 9.59 Å². The third-order valence-corrected chi connectivity index (χ3v) is 8.28. The summed E-state index contributed by atoms with van der Waals surface area (Å²) >= 11 is 0. The van der Waals surface area contributed by atoms with Crippen LogP contribution >= 0.6 is 0 Å². The van der Waals surface area contributed by atoms with E-state index < -0.39 is 0 Å². The maximum atomic E-state index is 12.8. The van der Waals surface area contributed by atoms with Crippen LogP contribution in [0.5, 0.6) is 0 Å². The van der Waals surface area contributed by atoms with Gasteiger partial charge in [0.05, 0.1) is 0 Å². The van der Waals surface area contributed by atoms with E-state index in [1.807, 2.05) is 6.08 Å². The lowest BCUT2D eigenvalue weighted by Gasteiger charge is -2.55. The van der Waals surface area contributed by atoms with Crippen molar-refractivity contribution in [2.75, 3.05) is 0 Å². The molecule has 5 rings (SSSR count). The van der Waals surface area contributed by atoms with E-state index in [2.05, 4.69) is 56.3 Å². The molecule has 4 aliphatic carbocycles. The number of carbonyl (C=O) groups is 2. The van der Waals surface area contributed by atoms with Crippen molar-refractivity contribution in [2.24, 2.45) is 28.6 Å². The standard InChI is InChI=1S/C26H28O2/c1-25-12-10-20(27)16-19(25)15-18(14-17-6-4-3-5-7-17)24-21-8-9-23(28)26(21,2)13-11-22(24)25/h3-7,10,12,15-16,21-22,24H,8-9,11,13-14H2,1-2H3/t21-,22-,24-,25-,26-/m0/s1. The number of rotatable bonds is 2. The lowest BCUT2D eigenvalue weighted by Crippen LogP contribution is -2.50. The van der Waals surface area contributed by atoms with Crippen LogP contribution in [0.1, 0.15) is 45.1 Å². The van der Waals surface area contributed by atoms with Crippen molar-refractivity contribution in [3.05, 3.63) is 71.3 Å². The number of Topliss-reactive ketones (excluding diaryl/α,β-unsaturated/α-hetero) is 1. The maximum absolute atomic E-state index is 12.8. The Morgan fingerprint density at radius 2 is 1.79 bits per heavy atom. The van der Waals surface area contributed by atoms with Gasteiger partial charge in [0.15, 0.2) is 5.78 Å². The summed E-state index contributed by atoms with van der Waals surface area (Å²) in [5, 5.41) is 0. The first-order valence-electron chi connectivity index (χ1n) is 10.6. The quantitative estimate of drug-likeness (QED) is 0.710. The highest BCUT2D eigenvalue weighted by Crippen LogP contribution is 2.63. The number of benzene rings is 1. The van der Waals surface area contributed by atoms with Crippen molar-refractivity contribution in [3.63, 3.8) is 0 Å². The molecule has 1 aromatic rings. The molecule has 0 heterocycles. The van der Waals surface area contributed by atoms with Gasteiger partial charge < -0.3 is 0 Å². The molecule has 0 bridgehead atoms. The summed E-state index contributed by atoms with van der Waals surface area (Å²) in [6.45, 7) is 4.52. The Balaban J connectivity index is 1.64. The van der Waals surface area contributed by atoms with Crippen LogP contribution < -0.4 is 0 Å². The first-order chi connectivity index (χ1) is 13.4. The average Bonchev–Trinajstić information content (AvgIpc) is 2.99. The molecule has 1 aromatic carbocycles. The molecule has 0 aromatic heterocycles. The Labute approximate surface area is 167 Å². The minimum Gasteiger partial charge on any atom is -0.299 e. The van der Waals surface area contributed by atoms with Crippen LogP contribution in [0.4, 0.5) is 0 Å². The highest BCUT2D eigenvalue weighted by atomic mass is 16.1. The molecule has 2 heteroatoms. The summed E-state index contributed by atoms with van der Waals surface area (Å²) in [5.74, 6) is 1.88. The zero-order valence-electron chi connectivity index (χ0n) is 16.8. The number of ketones is 2. The van der Waals surface area contributed by atoms with Crippen LogP contribution in [0.25, 0.3) is 0 Å². The Morgan fingerprint density at radius 1 is 1.00 bits per heavy atom. The van der Waals surface area contributed by atoms with Crippen LogP contribution in [0.3, 0.4) is 0 Å². The van der Waals surface area contributed by atoms with E-state index in [9.17, 15) is 9.59 Å².